The van der Waals surface area contributed by atoms with Crippen molar-refractivity contribution in [3.05, 3.63) is 40.4 Å². The first-order valence-electron chi connectivity index (χ1n) is 8.37. The highest BCUT2D eigenvalue weighted by Gasteiger charge is 2.08. The van der Waals surface area contributed by atoms with Gasteiger partial charge in [0.25, 0.3) is 0 Å². The molecule has 11 heteroatoms. The van der Waals surface area contributed by atoms with Crippen molar-refractivity contribution in [3.63, 3.8) is 0 Å². The molecule has 1 rings (SSSR count). The summed E-state index contributed by atoms with van der Waals surface area (Å²) in [6, 6.07) is 4.89. The molecule has 0 atom stereocenters. The Kier molecular flexibility index (Phi) is 13.3. The van der Waals surface area contributed by atoms with Crippen LogP contribution in [0.1, 0.15) is 0 Å². The number of rotatable bonds is 9. The highest BCUT2D eigenvalue weighted by molar-refractivity contribution is 6.34. The molecule has 2 amide bonds. The SMILES string of the molecule is CN(C)CCNC(=O)N(C)CCOc1cc(Cl)cc(Cl)c1.O=C(O)C=CC(=O)O. The molecule has 0 aliphatic heterocycles. The van der Waals surface area contributed by atoms with Crippen LogP contribution in [0.3, 0.4) is 0 Å². The second-order valence-corrected chi connectivity index (χ2v) is 6.79. The molecular formula is C18H25Cl2N3O6. The molecule has 29 heavy (non-hydrogen) atoms. The minimum absolute atomic E-state index is 0.121. The number of aliphatic carboxylic acids is 2. The average Bonchev–Trinajstić information content (AvgIpc) is 2.59. The van der Waals surface area contributed by atoms with E-state index >= 15 is 0 Å². The van der Waals surface area contributed by atoms with Crippen molar-refractivity contribution in [2.24, 2.45) is 0 Å². The number of halogens is 2. The Morgan fingerprint density at radius 1 is 1.00 bits per heavy atom. The molecule has 0 saturated heterocycles. The van der Waals surface area contributed by atoms with Crippen molar-refractivity contribution in [2.45, 2.75) is 0 Å². The Morgan fingerprint density at radius 3 is 1.97 bits per heavy atom. The van der Waals surface area contributed by atoms with E-state index in [1.165, 1.54) is 0 Å². The summed E-state index contributed by atoms with van der Waals surface area (Å²) >= 11 is 11.8. The van der Waals surface area contributed by atoms with Crippen molar-refractivity contribution >= 4 is 41.2 Å². The molecule has 162 valence electrons. The third kappa shape index (κ3) is 15.1. The number of benzene rings is 1. The fourth-order valence-electron chi connectivity index (χ4n) is 1.68. The largest absolute Gasteiger partial charge is 0.492 e. The summed E-state index contributed by atoms with van der Waals surface area (Å²) in [6.45, 7) is 2.25. The lowest BCUT2D eigenvalue weighted by Gasteiger charge is -2.19. The number of carboxylic acid groups (broad SMARTS) is 2. The van der Waals surface area contributed by atoms with E-state index in [1.807, 2.05) is 19.0 Å². The number of hydrogen-bond donors (Lipinski definition) is 3. The van der Waals surface area contributed by atoms with Crippen LogP contribution in [-0.2, 0) is 9.59 Å². The molecule has 0 aliphatic rings. The topological polar surface area (TPSA) is 119 Å². The van der Waals surface area contributed by atoms with Crippen molar-refractivity contribution in [1.29, 1.82) is 0 Å². The fraction of sp³-hybridized carbons (Fsp3) is 0.389. The fourth-order valence-corrected chi connectivity index (χ4v) is 2.18. The number of amides is 2. The van der Waals surface area contributed by atoms with E-state index in [1.54, 1.807) is 30.1 Å². The number of likely N-dealkylation sites (N-methyl/N-ethyl adjacent to an activating group) is 2. The monoisotopic (exact) mass is 449 g/mol. The number of carboxylic acids is 2. The lowest BCUT2D eigenvalue weighted by atomic mass is 10.3. The van der Waals surface area contributed by atoms with Crippen LogP contribution in [0.5, 0.6) is 5.75 Å². The van der Waals surface area contributed by atoms with E-state index in [2.05, 4.69) is 5.32 Å². The molecule has 0 heterocycles. The Hall–Kier alpha value is -2.49. The molecule has 0 spiro atoms. The minimum Gasteiger partial charge on any atom is -0.492 e. The van der Waals surface area contributed by atoms with Crippen molar-refractivity contribution in [2.75, 3.05) is 47.4 Å². The first-order chi connectivity index (χ1) is 13.5. The molecule has 0 radical (unpaired) electrons. The number of urea groups is 1. The quantitative estimate of drug-likeness (QED) is 0.494. The van der Waals surface area contributed by atoms with E-state index in [-0.39, 0.29) is 6.03 Å². The van der Waals surface area contributed by atoms with E-state index < -0.39 is 11.9 Å². The van der Waals surface area contributed by atoms with Gasteiger partial charge in [-0.1, -0.05) is 23.2 Å². The normalized spacial score (nSPS) is 10.3. The van der Waals surface area contributed by atoms with Crippen LogP contribution in [0.4, 0.5) is 4.79 Å². The summed E-state index contributed by atoms with van der Waals surface area (Å²) < 4.78 is 5.53. The van der Waals surface area contributed by atoms with Gasteiger partial charge in [-0.15, -0.1) is 0 Å². The van der Waals surface area contributed by atoms with Gasteiger partial charge in [0.2, 0.25) is 0 Å². The molecule has 0 unspecified atom stereocenters. The van der Waals surface area contributed by atoms with Gasteiger partial charge in [-0.3, -0.25) is 0 Å². The summed E-state index contributed by atoms with van der Waals surface area (Å²) in [5.41, 5.74) is 0. The highest BCUT2D eigenvalue weighted by atomic mass is 35.5. The maximum atomic E-state index is 11.8. The molecular weight excluding hydrogens is 425 g/mol. The minimum atomic E-state index is -1.26. The van der Waals surface area contributed by atoms with Gasteiger partial charge in [0.15, 0.2) is 0 Å². The third-order valence-electron chi connectivity index (χ3n) is 3.08. The number of carbonyl (C=O) groups excluding carboxylic acids is 1. The second kappa shape index (κ2) is 14.5. The molecule has 0 aromatic heterocycles. The summed E-state index contributed by atoms with van der Waals surface area (Å²) in [5, 5.41) is 19.5. The predicted octanol–water partition coefficient (Wildman–Crippen LogP) is 2.29. The summed E-state index contributed by atoms with van der Waals surface area (Å²) in [7, 11) is 5.64. The lowest BCUT2D eigenvalue weighted by Crippen LogP contribution is -2.41. The Labute approximate surface area is 179 Å². The Bertz CT molecular complexity index is 677. The number of carbonyl (C=O) groups is 3. The van der Waals surface area contributed by atoms with Gasteiger partial charge in [-0.2, -0.15) is 0 Å². The van der Waals surface area contributed by atoms with Gasteiger partial charge < -0.3 is 30.1 Å². The molecule has 1 aromatic rings. The van der Waals surface area contributed by atoms with Gasteiger partial charge >= 0.3 is 18.0 Å². The van der Waals surface area contributed by atoms with Gasteiger partial charge in [0.05, 0.1) is 6.54 Å². The molecule has 0 bridgehead atoms. The predicted molar refractivity (Wildman–Crippen MR) is 111 cm³/mol. The molecule has 1 aromatic carbocycles. The van der Waals surface area contributed by atoms with E-state index in [0.29, 0.717) is 47.6 Å². The second-order valence-electron chi connectivity index (χ2n) is 5.92. The zero-order chi connectivity index (χ0) is 22.4. The number of ether oxygens (including phenoxy) is 1. The Balaban J connectivity index is 0.000000828. The van der Waals surface area contributed by atoms with Crippen molar-refractivity contribution in [1.82, 2.24) is 15.1 Å². The van der Waals surface area contributed by atoms with Gasteiger partial charge in [0.1, 0.15) is 12.4 Å². The van der Waals surface area contributed by atoms with Crippen LogP contribution in [0, 0.1) is 0 Å². The van der Waals surface area contributed by atoms with Crippen molar-refractivity contribution < 1.29 is 29.3 Å². The molecule has 0 saturated carbocycles. The summed E-state index contributed by atoms with van der Waals surface area (Å²) in [5.74, 6) is -1.92. The van der Waals surface area contributed by atoms with Gasteiger partial charge in [-0.25, -0.2) is 14.4 Å². The van der Waals surface area contributed by atoms with E-state index in [4.69, 9.17) is 38.2 Å². The molecule has 9 nitrogen and oxygen atoms in total. The zero-order valence-corrected chi connectivity index (χ0v) is 17.9. The van der Waals surface area contributed by atoms with Crippen LogP contribution in [0.15, 0.2) is 30.4 Å². The Morgan fingerprint density at radius 2 is 1.52 bits per heavy atom. The van der Waals surface area contributed by atoms with E-state index in [0.717, 1.165) is 6.54 Å². The van der Waals surface area contributed by atoms with Crippen molar-refractivity contribution in [3.8, 4) is 5.75 Å². The van der Waals surface area contributed by atoms with Crippen LogP contribution < -0.4 is 10.1 Å². The number of nitrogens with one attached hydrogen (secondary N) is 1. The van der Waals surface area contributed by atoms with Crippen LogP contribution in [-0.4, -0.2) is 85.4 Å². The van der Waals surface area contributed by atoms with Gasteiger partial charge in [-0.05, 0) is 32.3 Å². The third-order valence-corrected chi connectivity index (χ3v) is 3.52. The summed E-state index contributed by atoms with van der Waals surface area (Å²) in [6.07, 6.45) is 1.12. The average molecular weight is 450 g/mol. The van der Waals surface area contributed by atoms with Crippen LogP contribution in [0.2, 0.25) is 10.0 Å². The first-order valence-corrected chi connectivity index (χ1v) is 9.13. The number of hydrogen-bond acceptors (Lipinski definition) is 5. The van der Waals surface area contributed by atoms with Crippen LogP contribution >= 0.6 is 23.2 Å². The lowest BCUT2D eigenvalue weighted by molar-refractivity contribution is -0.134. The maximum Gasteiger partial charge on any atom is 0.328 e. The zero-order valence-electron chi connectivity index (χ0n) is 16.4. The van der Waals surface area contributed by atoms with E-state index in [9.17, 15) is 14.4 Å². The highest BCUT2D eigenvalue weighted by Crippen LogP contribution is 2.23. The maximum absolute atomic E-state index is 11.8. The molecule has 0 fully saturated rings. The van der Waals surface area contributed by atoms with Gasteiger partial charge in [0, 0.05) is 42.3 Å². The standard InChI is InChI=1S/C14H21Cl2N3O2.C4H4O4/c1-18(2)5-4-17-14(20)19(3)6-7-21-13-9-11(15)8-12(16)10-13;5-3(6)1-2-4(7)8/h8-10H,4-7H2,1-3H3,(H,17,20);1-2H,(H,5,6)(H,7,8). The number of nitrogens with zero attached hydrogens (tertiary/aromatic N) is 2. The first kappa shape index (κ1) is 26.5. The van der Waals surface area contributed by atoms with Crippen LogP contribution in [0.25, 0.3) is 0 Å². The molecule has 0 aliphatic carbocycles. The molecule has 3 N–H and O–H groups in total. The smallest absolute Gasteiger partial charge is 0.328 e. The summed E-state index contributed by atoms with van der Waals surface area (Å²) in [4.78, 5) is 34.5.